The molecule has 0 fully saturated rings. The predicted molar refractivity (Wildman–Crippen MR) is 71.0 cm³/mol. The molecule has 1 aromatic heterocycles. The molecule has 1 atom stereocenters. The maximum absolute atomic E-state index is 4.36. The fourth-order valence-electron chi connectivity index (χ4n) is 1.79. The van der Waals surface area contributed by atoms with Gasteiger partial charge in [0.15, 0.2) is 0 Å². The summed E-state index contributed by atoms with van der Waals surface area (Å²) in [7, 11) is 2.01. The van der Waals surface area contributed by atoms with Gasteiger partial charge in [-0.1, -0.05) is 20.3 Å². The first kappa shape index (κ1) is 13.6. The van der Waals surface area contributed by atoms with E-state index >= 15 is 0 Å². The number of hydrogen-bond acceptors (Lipinski definition) is 3. The van der Waals surface area contributed by atoms with Crippen molar-refractivity contribution in [3.8, 4) is 0 Å². The molecule has 3 nitrogen and oxygen atoms in total. The number of thioether (sulfide) groups is 1. The summed E-state index contributed by atoms with van der Waals surface area (Å²) in [5.74, 6) is 1.13. The summed E-state index contributed by atoms with van der Waals surface area (Å²) in [4.78, 5) is 0. The van der Waals surface area contributed by atoms with Crippen LogP contribution >= 0.6 is 11.8 Å². The first-order valence-electron chi connectivity index (χ1n) is 6.04. The molecule has 1 heterocycles. The van der Waals surface area contributed by atoms with E-state index in [4.69, 9.17) is 0 Å². The molecule has 4 heteroatoms. The van der Waals surface area contributed by atoms with Crippen LogP contribution in [0.3, 0.4) is 0 Å². The van der Waals surface area contributed by atoms with E-state index in [-0.39, 0.29) is 0 Å². The fraction of sp³-hybridized carbons (Fsp3) is 0.750. The highest BCUT2D eigenvalue weighted by atomic mass is 32.2. The summed E-state index contributed by atoms with van der Waals surface area (Å²) in [5.41, 5.74) is 1.10. The van der Waals surface area contributed by atoms with Gasteiger partial charge >= 0.3 is 0 Å². The molecule has 1 rings (SSSR count). The van der Waals surface area contributed by atoms with Crippen molar-refractivity contribution < 1.29 is 0 Å². The monoisotopic (exact) mass is 241 g/mol. The number of nitrogens with one attached hydrogen (secondary N) is 1. The zero-order chi connectivity index (χ0) is 12.0. The molecule has 0 aliphatic carbocycles. The van der Waals surface area contributed by atoms with Gasteiger partial charge in [-0.2, -0.15) is 5.10 Å². The van der Waals surface area contributed by atoms with Crippen LogP contribution in [-0.2, 0) is 7.05 Å². The molecule has 0 saturated carbocycles. The van der Waals surface area contributed by atoms with E-state index in [0.29, 0.717) is 6.04 Å². The molecule has 0 bridgehead atoms. The van der Waals surface area contributed by atoms with Crippen LogP contribution < -0.4 is 5.32 Å². The second-order valence-electron chi connectivity index (χ2n) is 4.10. The molecule has 16 heavy (non-hydrogen) atoms. The molecule has 1 aromatic rings. The summed E-state index contributed by atoms with van der Waals surface area (Å²) in [6.07, 6.45) is 2.49. The third kappa shape index (κ3) is 4.18. The lowest BCUT2D eigenvalue weighted by Crippen LogP contribution is -2.30. The summed E-state index contributed by atoms with van der Waals surface area (Å²) in [6, 6.07) is 2.77. The Morgan fingerprint density at radius 2 is 2.25 bits per heavy atom. The van der Waals surface area contributed by atoms with Crippen LogP contribution in [0.1, 0.15) is 32.4 Å². The van der Waals surface area contributed by atoms with Crippen molar-refractivity contribution in [3.05, 3.63) is 11.8 Å². The maximum Gasteiger partial charge on any atom is 0.0939 e. The van der Waals surface area contributed by atoms with Crippen molar-refractivity contribution in [2.75, 3.05) is 12.3 Å². The van der Waals surface area contributed by atoms with Gasteiger partial charge in [-0.05, 0) is 26.0 Å². The Kier molecular flexibility index (Phi) is 5.91. The highest BCUT2D eigenvalue weighted by molar-refractivity contribution is 7.99. The van der Waals surface area contributed by atoms with Gasteiger partial charge in [0.25, 0.3) is 0 Å². The van der Waals surface area contributed by atoms with Gasteiger partial charge in [0, 0.05) is 18.8 Å². The third-order valence-electron chi connectivity index (χ3n) is 2.52. The van der Waals surface area contributed by atoms with E-state index in [9.17, 15) is 0 Å². The lowest BCUT2D eigenvalue weighted by molar-refractivity contribution is 0.530. The normalized spacial score (nSPS) is 13.0. The van der Waals surface area contributed by atoms with E-state index in [2.05, 4.69) is 30.3 Å². The van der Waals surface area contributed by atoms with Gasteiger partial charge in [0.05, 0.1) is 10.7 Å². The molecule has 0 radical (unpaired) electrons. The minimum Gasteiger partial charge on any atom is -0.313 e. The third-order valence-corrected chi connectivity index (χ3v) is 3.77. The van der Waals surface area contributed by atoms with Gasteiger partial charge in [0.2, 0.25) is 0 Å². The average Bonchev–Trinajstić information content (AvgIpc) is 2.54. The number of aromatic nitrogens is 2. The zero-order valence-corrected chi connectivity index (χ0v) is 11.6. The van der Waals surface area contributed by atoms with Crippen LogP contribution in [0.5, 0.6) is 0 Å². The van der Waals surface area contributed by atoms with Crippen molar-refractivity contribution in [1.29, 1.82) is 0 Å². The SMILES string of the molecule is CCCC(CSc1cc(C)nn1C)NCC. The standard InChI is InChI=1S/C12H23N3S/c1-5-7-11(13-6-2)9-16-12-8-10(3)14-15(12)4/h8,11,13H,5-7,9H2,1-4H3. The molecular formula is C12H23N3S. The number of aryl methyl sites for hydroxylation is 2. The summed E-state index contributed by atoms with van der Waals surface area (Å²) in [6.45, 7) is 7.50. The van der Waals surface area contributed by atoms with Gasteiger partial charge < -0.3 is 5.32 Å². The molecule has 92 valence electrons. The van der Waals surface area contributed by atoms with Crippen molar-refractivity contribution in [2.24, 2.45) is 7.05 Å². The zero-order valence-electron chi connectivity index (χ0n) is 10.8. The Morgan fingerprint density at radius 3 is 2.75 bits per heavy atom. The van der Waals surface area contributed by atoms with Crippen LogP contribution in [0.2, 0.25) is 0 Å². The Bertz CT molecular complexity index is 303. The molecule has 0 amide bonds. The van der Waals surface area contributed by atoms with Gasteiger partial charge in [-0.3, -0.25) is 4.68 Å². The molecule has 0 aliphatic heterocycles. The van der Waals surface area contributed by atoms with E-state index in [1.165, 1.54) is 17.9 Å². The lowest BCUT2D eigenvalue weighted by Gasteiger charge is -2.16. The molecular weight excluding hydrogens is 218 g/mol. The second kappa shape index (κ2) is 6.97. The van der Waals surface area contributed by atoms with Crippen LogP contribution in [0.25, 0.3) is 0 Å². The largest absolute Gasteiger partial charge is 0.313 e. The predicted octanol–water partition coefficient (Wildman–Crippen LogP) is 2.60. The highest BCUT2D eigenvalue weighted by Gasteiger charge is 2.09. The number of rotatable bonds is 7. The van der Waals surface area contributed by atoms with Gasteiger partial charge in [-0.25, -0.2) is 0 Å². The Morgan fingerprint density at radius 1 is 1.50 bits per heavy atom. The van der Waals surface area contributed by atoms with Crippen LogP contribution in [0, 0.1) is 6.92 Å². The lowest BCUT2D eigenvalue weighted by atomic mass is 10.2. The van der Waals surface area contributed by atoms with Crippen molar-refractivity contribution in [2.45, 2.75) is 44.7 Å². The molecule has 0 aromatic carbocycles. The topological polar surface area (TPSA) is 29.9 Å². The Labute approximate surface area is 103 Å². The van der Waals surface area contributed by atoms with Crippen LogP contribution in [-0.4, -0.2) is 28.1 Å². The maximum atomic E-state index is 4.36. The van der Waals surface area contributed by atoms with E-state index < -0.39 is 0 Å². The van der Waals surface area contributed by atoms with E-state index in [0.717, 1.165) is 18.0 Å². The first-order chi connectivity index (χ1) is 7.67. The van der Waals surface area contributed by atoms with Gasteiger partial charge in [0.1, 0.15) is 0 Å². The Balaban J connectivity index is 2.44. The smallest absolute Gasteiger partial charge is 0.0939 e. The molecule has 0 aliphatic rings. The molecule has 0 spiro atoms. The summed E-state index contributed by atoms with van der Waals surface area (Å²) < 4.78 is 1.97. The number of hydrogen-bond donors (Lipinski definition) is 1. The minimum absolute atomic E-state index is 0.621. The van der Waals surface area contributed by atoms with Crippen molar-refractivity contribution in [1.82, 2.24) is 15.1 Å². The van der Waals surface area contributed by atoms with Crippen molar-refractivity contribution in [3.63, 3.8) is 0 Å². The van der Waals surface area contributed by atoms with E-state index in [1.54, 1.807) is 0 Å². The second-order valence-corrected chi connectivity index (χ2v) is 5.14. The average molecular weight is 241 g/mol. The van der Waals surface area contributed by atoms with Gasteiger partial charge in [-0.15, -0.1) is 11.8 Å². The highest BCUT2D eigenvalue weighted by Crippen LogP contribution is 2.20. The van der Waals surface area contributed by atoms with Crippen LogP contribution in [0.4, 0.5) is 0 Å². The number of nitrogens with zero attached hydrogens (tertiary/aromatic N) is 2. The summed E-state index contributed by atoms with van der Waals surface area (Å²) >= 11 is 1.89. The molecule has 0 saturated heterocycles. The van der Waals surface area contributed by atoms with Crippen LogP contribution in [0.15, 0.2) is 11.1 Å². The minimum atomic E-state index is 0.621. The first-order valence-corrected chi connectivity index (χ1v) is 7.02. The molecule has 1 unspecified atom stereocenters. The Hall–Kier alpha value is -0.480. The van der Waals surface area contributed by atoms with Crippen molar-refractivity contribution >= 4 is 11.8 Å². The molecule has 1 N–H and O–H groups in total. The quantitative estimate of drug-likeness (QED) is 0.744. The fourth-order valence-corrected chi connectivity index (χ4v) is 2.93. The summed E-state index contributed by atoms with van der Waals surface area (Å²) in [5, 5.41) is 9.15. The van der Waals surface area contributed by atoms with E-state index in [1.807, 2.05) is 30.4 Å².